The van der Waals surface area contributed by atoms with Gasteiger partial charge in [-0.3, -0.25) is 9.69 Å². The number of benzene rings is 2. The number of hydrogen-bond donors (Lipinski definition) is 1. The van der Waals surface area contributed by atoms with E-state index in [1.165, 1.54) is 0 Å². The van der Waals surface area contributed by atoms with Crippen LogP contribution in [0.25, 0.3) is 0 Å². The van der Waals surface area contributed by atoms with E-state index < -0.39 is 5.97 Å². The number of amides is 1. The monoisotopic (exact) mass is 358 g/mol. The van der Waals surface area contributed by atoms with Crippen molar-refractivity contribution < 1.29 is 14.7 Å². The minimum Gasteiger partial charge on any atom is -0.478 e. The van der Waals surface area contributed by atoms with Crippen molar-refractivity contribution in [2.45, 2.75) is 6.54 Å². The standard InChI is InChI=1S/C19H19ClN2O3/c20-17-3-1-2-16(12-17)18(23)22-10-8-21(9-11-22)13-14-4-6-15(7-5-14)19(24)25/h1-7,12H,8-11,13H2,(H,24,25). The maximum Gasteiger partial charge on any atom is 0.335 e. The number of hydrogen-bond acceptors (Lipinski definition) is 3. The van der Waals surface area contributed by atoms with Gasteiger partial charge in [-0.15, -0.1) is 0 Å². The van der Waals surface area contributed by atoms with Crippen molar-refractivity contribution in [2.24, 2.45) is 0 Å². The summed E-state index contributed by atoms with van der Waals surface area (Å²) in [5, 5.41) is 9.50. The first kappa shape index (κ1) is 17.5. The van der Waals surface area contributed by atoms with E-state index in [1.807, 2.05) is 17.0 Å². The summed E-state index contributed by atoms with van der Waals surface area (Å²) in [5.74, 6) is -0.910. The summed E-state index contributed by atoms with van der Waals surface area (Å²) in [6.45, 7) is 3.65. The molecule has 0 bridgehead atoms. The Labute approximate surface area is 151 Å². The van der Waals surface area contributed by atoms with Crippen LogP contribution in [0.1, 0.15) is 26.3 Å². The second-order valence-corrected chi connectivity index (χ2v) is 6.52. The molecule has 25 heavy (non-hydrogen) atoms. The van der Waals surface area contributed by atoms with Gasteiger partial charge in [0.15, 0.2) is 0 Å². The molecule has 0 unspecified atom stereocenters. The third kappa shape index (κ3) is 4.38. The lowest BCUT2D eigenvalue weighted by molar-refractivity contribution is 0.0628. The number of carbonyl (C=O) groups is 2. The van der Waals surface area contributed by atoms with E-state index in [2.05, 4.69) is 4.90 Å². The first-order chi connectivity index (χ1) is 12.0. The smallest absolute Gasteiger partial charge is 0.335 e. The Balaban J connectivity index is 1.55. The molecule has 1 aliphatic rings. The number of carboxylic acids is 1. The second-order valence-electron chi connectivity index (χ2n) is 6.08. The van der Waals surface area contributed by atoms with Crippen LogP contribution < -0.4 is 0 Å². The highest BCUT2D eigenvalue weighted by atomic mass is 35.5. The summed E-state index contributed by atoms with van der Waals surface area (Å²) in [7, 11) is 0. The Morgan fingerprint density at radius 3 is 2.24 bits per heavy atom. The van der Waals surface area contributed by atoms with Gasteiger partial charge >= 0.3 is 5.97 Å². The lowest BCUT2D eigenvalue weighted by atomic mass is 10.1. The quantitative estimate of drug-likeness (QED) is 0.912. The molecule has 1 aliphatic heterocycles. The normalized spacial score (nSPS) is 15.2. The van der Waals surface area contributed by atoms with E-state index in [1.54, 1.807) is 36.4 Å². The Hall–Kier alpha value is -2.37. The molecule has 3 rings (SSSR count). The summed E-state index contributed by atoms with van der Waals surface area (Å²) in [6, 6.07) is 13.9. The van der Waals surface area contributed by atoms with E-state index >= 15 is 0 Å². The predicted octanol–water partition coefficient (Wildman–Crippen LogP) is 3.00. The van der Waals surface area contributed by atoms with Crippen molar-refractivity contribution in [1.29, 1.82) is 0 Å². The zero-order valence-electron chi connectivity index (χ0n) is 13.7. The Kier molecular flexibility index (Phi) is 5.36. The van der Waals surface area contributed by atoms with Crippen LogP contribution in [0.2, 0.25) is 5.02 Å². The molecule has 0 aliphatic carbocycles. The first-order valence-corrected chi connectivity index (χ1v) is 8.50. The summed E-state index contributed by atoms with van der Waals surface area (Å²) in [4.78, 5) is 27.5. The molecule has 2 aromatic carbocycles. The number of carbonyl (C=O) groups excluding carboxylic acids is 1. The van der Waals surface area contributed by atoms with E-state index in [0.29, 0.717) is 29.2 Å². The van der Waals surface area contributed by atoms with Crippen molar-refractivity contribution in [3.05, 3.63) is 70.2 Å². The molecular weight excluding hydrogens is 340 g/mol. The molecule has 2 aromatic rings. The average Bonchev–Trinajstić information content (AvgIpc) is 2.62. The van der Waals surface area contributed by atoms with Crippen molar-refractivity contribution >= 4 is 23.5 Å². The fourth-order valence-electron chi connectivity index (χ4n) is 2.92. The van der Waals surface area contributed by atoms with Crippen LogP contribution in [0, 0.1) is 0 Å². The number of nitrogens with zero attached hydrogens (tertiary/aromatic N) is 2. The third-order valence-corrected chi connectivity index (χ3v) is 4.57. The summed E-state index contributed by atoms with van der Waals surface area (Å²) < 4.78 is 0. The first-order valence-electron chi connectivity index (χ1n) is 8.12. The lowest BCUT2D eigenvalue weighted by Crippen LogP contribution is -2.48. The number of carboxylic acid groups (broad SMARTS) is 1. The van der Waals surface area contributed by atoms with Crippen molar-refractivity contribution in [2.75, 3.05) is 26.2 Å². The van der Waals surface area contributed by atoms with Crippen LogP contribution >= 0.6 is 11.6 Å². The van der Waals surface area contributed by atoms with E-state index in [9.17, 15) is 9.59 Å². The lowest BCUT2D eigenvalue weighted by Gasteiger charge is -2.34. The van der Waals surface area contributed by atoms with Gasteiger partial charge in [0.25, 0.3) is 5.91 Å². The van der Waals surface area contributed by atoms with Crippen LogP contribution in [0.15, 0.2) is 48.5 Å². The topological polar surface area (TPSA) is 60.9 Å². The molecule has 5 nitrogen and oxygen atoms in total. The second kappa shape index (κ2) is 7.68. The van der Waals surface area contributed by atoms with Crippen molar-refractivity contribution in [3.63, 3.8) is 0 Å². The van der Waals surface area contributed by atoms with Crippen LogP contribution in [-0.4, -0.2) is 53.0 Å². The molecule has 130 valence electrons. The minimum absolute atomic E-state index is 0.00737. The highest BCUT2D eigenvalue weighted by molar-refractivity contribution is 6.30. The summed E-state index contributed by atoms with van der Waals surface area (Å²) >= 11 is 5.96. The largest absolute Gasteiger partial charge is 0.478 e. The van der Waals surface area contributed by atoms with Crippen LogP contribution in [0.3, 0.4) is 0 Å². The van der Waals surface area contributed by atoms with Gasteiger partial charge in [0.1, 0.15) is 0 Å². The van der Waals surface area contributed by atoms with Gasteiger partial charge in [-0.1, -0.05) is 29.8 Å². The van der Waals surface area contributed by atoms with E-state index in [-0.39, 0.29) is 5.91 Å². The minimum atomic E-state index is -0.917. The molecule has 0 spiro atoms. The maximum absolute atomic E-state index is 12.5. The Morgan fingerprint density at radius 2 is 1.64 bits per heavy atom. The highest BCUT2D eigenvalue weighted by Crippen LogP contribution is 2.15. The average molecular weight is 359 g/mol. The SMILES string of the molecule is O=C(O)c1ccc(CN2CCN(C(=O)c3cccc(Cl)c3)CC2)cc1. The molecule has 6 heteroatoms. The van der Waals surface area contributed by atoms with Crippen molar-refractivity contribution in [3.8, 4) is 0 Å². The summed E-state index contributed by atoms with van der Waals surface area (Å²) in [6.07, 6.45) is 0. The predicted molar refractivity (Wildman–Crippen MR) is 96.0 cm³/mol. The Morgan fingerprint density at radius 1 is 0.960 bits per heavy atom. The van der Waals surface area contributed by atoms with Gasteiger partial charge in [0.2, 0.25) is 0 Å². The number of aromatic carboxylic acids is 1. The number of halogens is 1. The van der Waals surface area contributed by atoms with Gasteiger partial charge < -0.3 is 10.0 Å². The van der Waals surface area contributed by atoms with Gasteiger partial charge in [0.05, 0.1) is 5.56 Å². The molecule has 0 radical (unpaired) electrons. The van der Waals surface area contributed by atoms with E-state index in [4.69, 9.17) is 16.7 Å². The molecule has 0 atom stereocenters. The van der Waals surface area contributed by atoms with E-state index in [0.717, 1.165) is 25.2 Å². The zero-order chi connectivity index (χ0) is 17.8. The fraction of sp³-hybridized carbons (Fsp3) is 0.263. The van der Waals surface area contributed by atoms with Crippen molar-refractivity contribution in [1.82, 2.24) is 9.80 Å². The van der Waals surface area contributed by atoms with Crippen LogP contribution in [0.5, 0.6) is 0 Å². The third-order valence-electron chi connectivity index (χ3n) is 4.34. The van der Waals surface area contributed by atoms with Crippen LogP contribution in [0.4, 0.5) is 0 Å². The summed E-state index contributed by atoms with van der Waals surface area (Å²) in [5.41, 5.74) is 1.98. The Bertz CT molecular complexity index is 768. The van der Waals surface area contributed by atoms with Gasteiger partial charge in [-0.25, -0.2) is 4.79 Å². The molecular formula is C19H19ClN2O3. The van der Waals surface area contributed by atoms with Gasteiger partial charge in [0, 0.05) is 43.3 Å². The highest BCUT2D eigenvalue weighted by Gasteiger charge is 2.22. The van der Waals surface area contributed by atoms with Gasteiger partial charge in [-0.05, 0) is 35.9 Å². The zero-order valence-corrected chi connectivity index (χ0v) is 14.4. The number of rotatable bonds is 4. The molecule has 1 N–H and O–H groups in total. The maximum atomic E-state index is 12.5. The fourth-order valence-corrected chi connectivity index (χ4v) is 3.11. The molecule has 0 aromatic heterocycles. The number of piperazine rings is 1. The van der Waals surface area contributed by atoms with Crippen LogP contribution in [-0.2, 0) is 6.54 Å². The molecule has 1 amide bonds. The van der Waals surface area contributed by atoms with Gasteiger partial charge in [-0.2, -0.15) is 0 Å². The molecule has 1 heterocycles. The molecule has 1 fully saturated rings. The molecule has 1 saturated heterocycles. The molecule has 0 saturated carbocycles.